The van der Waals surface area contributed by atoms with Gasteiger partial charge in [-0.3, -0.25) is 9.88 Å². The van der Waals surface area contributed by atoms with Gasteiger partial charge in [-0.25, -0.2) is 0 Å². The fraction of sp³-hybridized carbons (Fsp3) is 0.615. The predicted molar refractivity (Wildman–Crippen MR) is 62.8 cm³/mol. The van der Waals surface area contributed by atoms with Crippen LogP contribution >= 0.6 is 0 Å². The number of likely N-dealkylation sites (tertiary alicyclic amines) is 1. The Kier molecular flexibility index (Phi) is 3.06. The number of nitrogens with zero attached hydrogens (tertiary/aromatic N) is 2. The van der Waals surface area contributed by atoms with E-state index in [1.807, 2.05) is 6.20 Å². The first-order valence-corrected chi connectivity index (χ1v) is 5.87. The van der Waals surface area contributed by atoms with Gasteiger partial charge in [0.25, 0.3) is 0 Å². The van der Waals surface area contributed by atoms with Gasteiger partial charge >= 0.3 is 0 Å². The van der Waals surface area contributed by atoms with E-state index < -0.39 is 0 Å². The van der Waals surface area contributed by atoms with Gasteiger partial charge in [0.05, 0.1) is 0 Å². The summed E-state index contributed by atoms with van der Waals surface area (Å²) in [7, 11) is 0. The largest absolute Gasteiger partial charge is 0.294 e. The molecule has 1 aromatic rings. The molecule has 1 aromatic heterocycles. The van der Waals surface area contributed by atoms with Crippen LogP contribution in [0.3, 0.4) is 0 Å². The first kappa shape index (κ1) is 10.6. The normalized spacial score (nSPS) is 22.5. The Balaban J connectivity index is 2.22. The summed E-state index contributed by atoms with van der Waals surface area (Å²) in [5.74, 6) is 0. The van der Waals surface area contributed by atoms with E-state index in [1.54, 1.807) is 0 Å². The lowest BCUT2D eigenvalue weighted by Crippen LogP contribution is -2.30. The molecular formula is C13H20N2. The lowest BCUT2D eigenvalue weighted by Gasteiger charge is -2.28. The zero-order valence-corrected chi connectivity index (χ0v) is 9.90. The van der Waals surface area contributed by atoms with Gasteiger partial charge < -0.3 is 0 Å². The molecule has 0 spiro atoms. The molecular weight excluding hydrogens is 184 g/mol. The maximum absolute atomic E-state index is 4.26. The molecule has 1 saturated heterocycles. The molecule has 2 heterocycles. The second-order valence-electron chi connectivity index (χ2n) is 4.72. The van der Waals surface area contributed by atoms with Crippen LogP contribution in [0.1, 0.15) is 44.0 Å². The number of hydrogen-bond donors (Lipinski definition) is 0. The first-order chi connectivity index (χ1) is 7.18. The highest BCUT2D eigenvalue weighted by molar-refractivity contribution is 5.20. The molecule has 1 atom stereocenters. The Labute approximate surface area is 92.3 Å². The maximum Gasteiger partial charge on any atom is 0.0375 e. The fourth-order valence-corrected chi connectivity index (χ4v) is 2.54. The third-order valence-electron chi connectivity index (χ3n) is 3.26. The van der Waals surface area contributed by atoms with Crippen molar-refractivity contribution >= 4 is 0 Å². The molecule has 2 heteroatoms. The number of hydrogen-bond acceptors (Lipinski definition) is 2. The highest BCUT2D eigenvalue weighted by Gasteiger charge is 2.27. The van der Waals surface area contributed by atoms with Crippen LogP contribution in [0, 0.1) is 6.92 Å². The zero-order valence-electron chi connectivity index (χ0n) is 9.90. The molecule has 0 unspecified atom stereocenters. The summed E-state index contributed by atoms with van der Waals surface area (Å²) in [6.45, 7) is 7.88. The van der Waals surface area contributed by atoms with Crippen molar-refractivity contribution in [1.82, 2.24) is 9.88 Å². The molecule has 0 bridgehead atoms. The summed E-state index contributed by atoms with van der Waals surface area (Å²) < 4.78 is 0. The smallest absolute Gasteiger partial charge is 0.0375 e. The summed E-state index contributed by atoms with van der Waals surface area (Å²) in [6, 6.07) is 5.65. The van der Waals surface area contributed by atoms with Crippen molar-refractivity contribution in [3.8, 4) is 0 Å². The number of pyridine rings is 1. The molecule has 2 rings (SSSR count). The molecule has 0 N–H and O–H groups in total. The van der Waals surface area contributed by atoms with E-state index in [4.69, 9.17) is 0 Å². The molecule has 15 heavy (non-hydrogen) atoms. The number of rotatable bonds is 2. The second-order valence-corrected chi connectivity index (χ2v) is 4.72. The highest BCUT2D eigenvalue weighted by atomic mass is 15.2. The van der Waals surface area contributed by atoms with Crippen molar-refractivity contribution in [1.29, 1.82) is 0 Å². The van der Waals surface area contributed by atoms with Crippen LogP contribution < -0.4 is 0 Å². The van der Waals surface area contributed by atoms with Crippen LogP contribution in [-0.2, 0) is 0 Å². The topological polar surface area (TPSA) is 16.1 Å². The molecule has 2 nitrogen and oxygen atoms in total. The average Bonchev–Trinajstić information content (AvgIpc) is 2.65. The van der Waals surface area contributed by atoms with Crippen molar-refractivity contribution < 1.29 is 0 Å². The molecule has 0 amide bonds. The summed E-state index contributed by atoms with van der Waals surface area (Å²) in [6.07, 6.45) is 4.55. The van der Waals surface area contributed by atoms with Crippen molar-refractivity contribution in [2.45, 2.75) is 45.7 Å². The Hall–Kier alpha value is -0.890. The van der Waals surface area contributed by atoms with E-state index in [0.717, 1.165) is 5.69 Å². The van der Waals surface area contributed by atoms with Crippen LogP contribution in [0.2, 0.25) is 0 Å². The van der Waals surface area contributed by atoms with E-state index in [0.29, 0.717) is 12.1 Å². The zero-order chi connectivity index (χ0) is 10.8. The van der Waals surface area contributed by atoms with Crippen molar-refractivity contribution in [2.24, 2.45) is 0 Å². The minimum atomic E-state index is 0.617. The molecule has 1 fully saturated rings. The van der Waals surface area contributed by atoms with Gasteiger partial charge in [-0.2, -0.15) is 0 Å². The third-order valence-corrected chi connectivity index (χ3v) is 3.26. The lowest BCUT2D eigenvalue weighted by atomic mass is 10.0. The third kappa shape index (κ3) is 2.20. The van der Waals surface area contributed by atoms with Gasteiger partial charge in [-0.05, 0) is 57.9 Å². The molecule has 1 aliphatic rings. The van der Waals surface area contributed by atoms with E-state index in [1.165, 1.54) is 24.9 Å². The first-order valence-electron chi connectivity index (χ1n) is 5.87. The van der Waals surface area contributed by atoms with Crippen molar-refractivity contribution in [3.63, 3.8) is 0 Å². The van der Waals surface area contributed by atoms with E-state index >= 15 is 0 Å². The summed E-state index contributed by atoms with van der Waals surface area (Å²) in [4.78, 5) is 6.85. The predicted octanol–water partition coefficient (Wildman–Crippen LogP) is 2.94. The molecule has 0 saturated carbocycles. The van der Waals surface area contributed by atoms with Gasteiger partial charge in [-0.1, -0.05) is 0 Å². The number of aryl methyl sites for hydroxylation is 1. The number of aromatic nitrogens is 1. The molecule has 82 valence electrons. The van der Waals surface area contributed by atoms with Crippen LogP contribution in [0.5, 0.6) is 0 Å². The molecule has 0 aliphatic carbocycles. The second kappa shape index (κ2) is 4.31. The average molecular weight is 204 g/mol. The minimum absolute atomic E-state index is 0.617. The quantitative estimate of drug-likeness (QED) is 0.736. The lowest BCUT2D eigenvalue weighted by molar-refractivity contribution is 0.205. The van der Waals surface area contributed by atoms with Crippen LogP contribution in [-0.4, -0.2) is 22.5 Å². The van der Waals surface area contributed by atoms with E-state index in [-0.39, 0.29) is 0 Å². The van der Waals surface area contributed by atoms with Crippen LogP contribution in [0.15, 0.2) is 18.3 Å². The Morgan fingerprint density at radius 2 is 2.27 bits per heavy atom. The minimum Gasteiger partial charge on any atom is -0.294 e. The monoisotopic (exact) mass is 204 g/mol. The van der Waals surface area contributed by atoms with Crippen molar-refractivity contribution in [2.75, 3.05) is 6.54 Å². The van der Waals surface area contributed by atoms with Gasteiger partial charge in [0.15, 0.2) is 0 Å². The van der Waals surface area contributed by atoms with Gasteiger partial charge in [0.1, 0.15) is 0 Å². The van der Waals surface area contributed by atoms with E-state index in [2.05, 4.69) is 42.8 Å². The van der Waals surface area contributed by atoms with Crippen LogP contribution in [0.25, 0.3) is 0 Å². The molecule has 0 radical (unpaired) electrons. The van der Waals surface area contributed by atoms with Crippen LogP contribution in [0.4, 0.5) is 0 Å². The van der Waals surface area contributed by atoms with Gasteiger partial charge in [0.2, 0.25) is 0 Å². The van der Waals surface area contributed by atoms with Crippen molar-refractivity contribution in [3.05, 3.63) is 29.6 Å². The highest BCUT2D eigenvalue weighted by Crippen LogP contribution is 2.33. The standard InChI is InChI=1S/C13H20N2/c1-10(2)15-8-4-5-13(15)12-6-7-14-11(3)9-12/h6-7,9-10,13H,4-5,8H2,1-3H3/t13-/m0/s1. The Morgan fingerprint density at radius 3 is 2.93 bits per heavy atom. The summed E-state index contributed by atoms with van der Waals surface area (Å²) in [5.41, 5.74) is 2.57. The van der Waals surface area contributed by atoms with Gasteiger partial charge in [0, 0.05) is 24.0 Å². The Morgan fingerprint density at radius 1 is 1.47 bits per heavy atom. The maximum atomic E-state index is 4.26. The molecule has 1 aliphatic heterocycles. The van der Waals surface area contributed by atoms with E-state index in [9.17, 15) is 0 Å². The Bertz CT molecular complexity index is 333. The summed E-state index contributed by atoms with van der Waals surface area (Å²) in [5, 5.41) is 0. The molecule has 0 aromatic carbocycles. The fourth-order valence-electron chi connectivity index (χ4n) is 2.54. The summed E-state index contributed by atoms with van der Waals surface area (Å²) >= 11 is 0. The SMILES string of the molecule is Cc1cc([C@@H]2CCCN2C(C)C)ccn1. The van der Waals surface area contributed by atoms with Gasteiger partial charge in [-0.15, -0.1) is 0 Å².